The molecule has 0 saturated heterocycles. The molecule has 2 aromatic carbocycles. The summed E-state index contributed by atoms with van der Waals surface area (Å²) < 4.78 is 0. The molecule has 0 radical (unpaired) electrons. The second-order valence-electron chi connectivity index (χ2n) is 5.97. The average Bonchev–Trinajstić information content (AvgIpc) is 3.12. The van der Waals surface area contributed by atoms with Crippen LogP contribution in [-0.2, 0) is 19.3 Å². The van der Waals surface area contributed by atoms with Crippen LogP contribution in [0.3, 0.4) is 0 Å². The molecule has 0 unspecified atom stereocenters. The van der Waals surface area contributed by atoms with Crippen molar-refractivity contribution >= 4 is 5.69 Å². The van der Waals surface area contributed by atoms with E-state index in [0.717, 1.165) is 6.54 Å². The molecule has 0 atom stereocenters. The zero-order valence-corrected chi connectivity index (χ0v) is 12.2. The SMILES string of the molecule is CCN1CCc2cc(-c3cccc4c3CCC4)ccc21. The van der Waals surface area contributed by atoms with Crippen LogP contribution in [0.25, 0.3) is 11.1 Å². The van der Waals surface area contributed by atoms with Crippen LogP contribution in [-0.4, -0.2) is 13.1 Å². The molecule has 1 aliphatic carbocycles. The number of likely N-dealkylation sites (N-methyl/N-ethyl adjacent to an activating group) is 1. The van der Waals surface area contributed by atoms with E-state index in [1.807, 2.05) is 0 Å². The summed E-state index contributed by atoms with van der Waals surface area (Å²) in [5.74, 6) is 0. The fourth-order valence-corrected chi connectivity index (χ4v) is 3.86. The molecular weight excluding hydrogens is 242 g/mol. The van der Waals surface area contributed by atoms with Crippen LogP contribution in [0.2, 0.25) is 0 Å². The van der Waals surface area contributed by atoms with Gasteiger partial charge in [0.15, 0.2) is 0 Å². The van der Waals surface area contributed by atoms with Crippen LogP contribution >= 0.6 is 0 Å². The van der Waals surface area contributed by atoms with E-state index in [0.29, 0.717) is 0 Å². The Hall–Kier alpha value is -1.76. The van der Waals surface area contributed by atoms with Crippen molar-refractivity contribution in [1.29, 1.82) is 0 Å². The largest absolute Gasteiger partial charge is 0.371 e. The van der Waals surface area contributed by atoms with Crippen LogP contribution in [0.1, 0.15) is 30.0 Å². The number of hydrogen-bond acceptors (Lipinski definition) is 1. The molecule has 0 fully saturated rings. The Morgan fingerprint density at radius 1 is 1.00 bits per heavy atom. The van der Waals surface area contributed by atoms with E-state index in [1.54, 1.807) is 11.1 Å². The average molecular weight is 263 g/mol. The Morgan fingerprint density at radius 2 is 1.95 bits per heavy atom. The van der Waals surface area contributed by atoms with Gasteiger partial charge in [-0.1, -0.05) is 24.3 Å². The van der Waals surface area contributed by atoms with Crippen LogP contribution in [0.5, 0.6) is 0 Å². The van der Waals surface area contributed by atoms with E-state index >= 15 is 0 Å². The molecule has 0 saturated carbocycles. The highest BCUT2D eigenvalue weighted by molar-refractivity contribution is 5.74. The molecule has 0 amide bonds. The molecule has 102 valence electrons. The van der Waals surface area contributed by atoms with Crippen molar-refractivity contribution in [3.63, 3.8) is 0 Å². The molecule has 0 N–H and O–H groups in total. The lowest BCUT2D eigenvalue weighted by molar-refractivity contribution is 0.868. The van der Waals surface area contributed by atoms with Crippen LogP contribution in [0, 0.1) is 0 Å². The zero-order chi connectivity index (χ0) is 13.5. The Labute approximate surface area is 121 Å². The zero-order valence-electron chi connectivity index (χ0n) is 12.2. The van der Waals surface area contributed by atoms with Gasteiger partial charge < -0.3 is 4.90 Å². The number of nitrogens with zero attached hydrogens (tertiary/aromatic N) is 1. The third kappa shape index (κ3) is 1.76. The summed E-state index contributed by atoms with van der Waals surface area (Å²) in [5.41, 5.74) is 9.03. The monoisotopic (exact) mass is 263 g/mol. The molecule has 1 heteroatoms. The van der Waals surface area contributed by atoms with Gasteiger partial charge in [0.05, 0.1) is 0 Å². The molecule has 1 nitrogen and oxygen atoms in total. The Balaban J connectivity index is 1.79. The number of aryl methyl sites for hydroxylation is 1. The van der Waals surface area contributed by atoms with Gasteiger partial charge in [0, 0.05) is 18.8 Å². The predicted molar refractivity (Wildman–Crippen MR) is 85.5 cm³/mol. The third-order valence-corrected chi connectivity index (χ3v) is 4.91. The van der Waals surface area contributed by atoms with E-state index in [1.165, 1.54) is 54.6 Å². The van der Waals surface area contributed by atoms with Gasteiger partial charge in [-0.05, 0) is 72.6 Å². The normalized spacial score (nSPS) is 16.4. The van der Waals surface area contributed by atoms with Gasteiger partial charge in [-0.3, -0.25) is 0 Å². The van der Waals surface area contributed by atoms with Crippen molar-refractivity contribution in [3.05, 3.63) is 53.1 Å². The number of anilines is 1. The first-order valence-corrected chi connectivity index (χ1v) is 7.86. The summed E-state index contributed by atoms with van der Waals surface area (Å²) >= 11 is 0. The van der Waals surface area contributed by atoms with Crippen LogP contribution < -0.4 is 4.90 Å². The molecule has 2 aromatic rings. The van der Waals surface area contributed by atoms with Gasteiger partial charge in [-0.15, -0.1) is 0 Å². The maximum atomic E-state index is 2.48. The van der Waals surface area contributed by atoms with Crippen molar-refractivity contribution in [3.8, 4) is 11.1 Å². The smallest absolute Gasteiger partial charge is 0.0399 e. The Morgan fingerprint density at radius 3 is 2.85 bits per heavy atom. The maximum Gasteiger partial charge on any atom is 0.0399 e. The second-order valence-corrected chi connectivity index (χ2v) is 5.97. The van der Waals surface area contributed by atoms with Gasteiger partial charge in [0.2, 0.25) is 0 Å². The van der Waals surface area contributed by atoms with Gasteiger partial charge in [0.1, 0.15) is 0 Å². The summed E-state index contributed by atoms with van der Waals surface area (Å²) in [6, 6.07) is 13.9. The highest BCUT2D eigenvalue weighted by Gasteiger charge is 2.20. The van der Waals surface area contributed by atoms with Crippen LogP contribution in [0.4, 0.5) is 5.69 Å². The van der Waals surface area contributed by atoms with Gasteiger partial charge in [0.25, 0.3) is 0 Å². The van der Waals surface area contributed by atoms with Crippen molar-refractivity contribution in [1.82, 2.24) is 0 Å². The lowest BCUT2D eigenvalue weighted by Crippen LogP contribution is -2.18. The lowest BCUT2D eigenvalue weighted by Gasteiger charge is -2.17. The first kappa shape index (κ1) is 12.0. The van der Waals surface area contributed by atoms with Crippen molar-refractivity contribution in [2.75, 3.05) is 18.0 Å². The van der Waals surface area contributed by atoms with E-state index in [4.69, 9.17) is 0 Å². The van der Waals surface area contributed by atoms with E-state index in [-0.39, 0.29) is 0 Å². The molecular formula is C19H21N. The number of hydrogen-bond donors (Lipinski definition) is 0. The summed E-state index contributed by atoms with van der Waals surface area (Å²) in [4.78, 5) is 2.48. The van der Waals surface area contributed by atoms with Gasteiger partial charge in [-0.2, -0.15) is 0 Å². The number of rotatable bonds is 2. The Bertz CT molecular complexity index is 657. The molecule has 2 aliphatic rings. The summed E-state index contributed by atoms with van der Waals surface area (Å²) in [7, 11) is 0. The standard InChI is InChI=1S/C19H21N/c1-2-20-12-11-16-13-15(9-10-19(16)20)18-8-4-6-14-5-3-7-17(14)18/h4,6,8-10,13H,2-3,5,7,11-12H2,1H3. The highest BCUT2D eigenvalue weighted by Crippen LogP contribution is 2.36. The van der Waals surface area contributed by atoms with Crippen molar-refractivity contribution < 1.29 is 0 Å². The topological polar surface area (TPSA) is 3.24 Å². The minimum absolute atomic E-state index is 1.12. The van der Waals surface area contributed by atoms with E-state index < -0.39 is 0 Å². The summed E-state index contributed by atoms with van der Waals surface area (Å²) in [6.45, 7) is 4.54. The molecule has 0 bridgehead atoms. The van der Waals surface area contributed by atoms with Crippen LogP contribution in [0.15, 0.2) is 36.4 Å². The number of benzene rings is 2. The molecule has 4 rings (SSSR count). The molecule has 20 heavy (non-hydrogen) atoms. The fourth-order valence-electron chi connectivity index (χ4n) is 3.86. The predicted octanol–water partition coefficient (Wildman–Crippen LogP) is 4.22. The minimum atomic E-state index is 1.12. The second kappa shape index (κ2) is 4.66. The molecule has 1 heterocycles. The highest BCUT2D eigenvalue weighted by atomic mass is 15.1. The first-order chi connectivity index (χ1) is 9.86. The van der Waals surface area contributed by atoms with Gasteiger partial charge >= 0.3 is 0 Å². The van der Waals surface area contributed by atoms with E-state index in [2.05, 4.69) is 48.2 Å². The quantitative estimate of drug-likeness (QED) is 0.784. The lowest BCUT2D eigenvalue weighted by atomic mass is 9.95. The van der Waals surface area contributed by atoms with Crippen molar-refractivity contribution in [2.45, 2.75) is 32.6 Å². The summed E-state index contributed by atoms with van der Waals surface area (Å²) in [6.07, 6.45) is 5.04. The number of fused-ring (bicyclic) bond motifs is 2. The van der Waals surface area contributed by atoms with E-state index in [9.17, 15) is 0 Å². The molecule has 0 aromatic heterocycles. The molecule has 1 aliphatic heterocycles. The van der Waals surface area contributed by atoms with Gasteiger partial charge in [-0.25, -0.2) is 0 Å². The minimum Gasteiger partial charge on any atom is -0.371 e. The first-order valence-electron chi connectivity index (χ1n) is 7.86. The fraction of sp³-hybridized carbons (Fsp3) is 0.368. The summed E-state index contributed by atoms with van der Waals surface area (Å²) in [5, 5.41) is 0. The molecule has 0 spiro atoms. The Kier molecular flexibility index (Phi) is 2.80. The third-order valence-electron chi connectivity index (χ3n) is 4.91. The van der Waals surface area contributed by atoms with Crippen molar-refractivity contribution in [2.24, 2.45) is 0 Å². The maximum absolute atomic E-state index is 2.48.